The summed E-state index contributed by atoms with van der Waals surface area (Å²) in [7, 11) is 0. The zero-order chi connectivity index (χ0) is 14.6. The van der Waals surface area contributed by atoms with Crippen LogP contribution in [0.15, 0.2) is 18.3 Å². The Morgan fingerprint density at radius 1 is 1.37 bits per heavy atom. The fourth-order valence-electron chi connectivity index (χ4n) is 1.25. The number of carbonyl (C=O) groups excluding carboxylic acids is 1. The first-order valence-corrected chi connectivity index (χ1v) is 5.97. The van der Waals surface area contributed by atoms with Crippen LogP contribution in [0.1, 0.15) is 38.2 Å². The second-order valence-electron chi connectivity index (χ2n) is 5.39. The van der Waals surface area contributed by atoms with Crippen molar-refractivity contribution in [2.45, 2.75) is 33.7 Å². The third kappa shape index (κ3) is 4.24. The van der Waals surface area contributed by atoms with E-state index in [1.807, 2.05) is 27.7 Å². The lowest BCUT2D eigenvalue weighted by molar-refractivity contribution is 0.0691. The molecule has 0 radical (unpaired) electrons. The van der Waals surface area contributed by atoms with E-state index in [1.165, 1.54) is 12.3 Å². The molecule has 3 N–H and O–H groups in total. The highest BCUT2D eigenvalue weighted by atomic mass is 16.4. The molecule has 1 atom stereocenters. The predicted molar refractivity (Wildman–Crippen MR) is 72.3 cm³/mol. The quantitative estimate of drug-likeness (QED) is 0.782. The SMILES string of the molecule is CC(NC(=O)Nc1cccnc1C(=O)O)C(C)(C)C. The number of carboxylic acid groups (broad SMARTS) is 1. The van der Waals surface area contributed by atoms with Gasteiger partial charge < -0.3 is 15.7 Å². The van der Waals surface area contributed by atoms with E-state index in [-0.39, 0.29) is 22.8 Å². The molecule has 0 aliphatic rings. The number of rotatable bonds is 3. The Kier molecular flexibility index (Phi) is 4.47. The minimum atomic E-state index is -1.18. The number of carbonyl (C=O) groups is 2. The van der Waals surface area contributed by atoms with Gasteiger partial charge in [-0.1, -0.05) is 20.8 Å². The van der Waals surface area contributed by atoms with Crippen LogP contribution in [-0.2, 0) is 0 Å². The number of aromatic carboxylic acids is 1. The van der Waals surface area contributed by atoms with E-state index < -0.39 is 12.0 Å². The van der Waals surface area contributed by atoms with Crippen LogP contribution in [0.4, 0.5) is 10.5 Å². The summed E-state index contributed by atoms with van der Waals surface area (Å²) in [6.07, 6.45) is 1.37. The Morgan fingerprint density at radius 3 is 2.53 bits per heavy atom. The molecule has 0 aliphatic heterocycles. The molecule has 1 rings (SSSR count). The van der Waals surface area contributed by atoms with E-state index in [4.69, 9.17) is 5.11 Å². The van der Waals surface area contributed by atoms with E-state index >= 15 is 0 Å². The lowest BCUT2D eigenvalue weighted by atomic mass is 9.88. The molecular formula is C13H19N3O3. The third-order valence-electron chi connectivity index (χ3n) is 2.91. The molecule has 19 heavy (non-hydrogen) atoms. The number of hydrogen-bond donors (Lipinski definition) is 3. The van der Waals surface area contributed by atoms with Crippen molar-refractivity contribution < 1.29 is 14.7 Å². The van der Waals surface area contributed by atoms with Crippen molar-refractivity contribution in [2.75, 3.05) is 5.32 Å². The number of nitrogens with one attached hydrogen (secondary N) is 2. The highest BCUT2D eigenvalue weighted by molar-refractivity contribution is 5.98. The van der Waals surface area contributed by atoms with Gasteiger partial charge in [0.05, 0.1) is 5.69 Å². The van der Waals surface area contributed by atoms with Crippen molar-refractivity contribution in [1.29, 1.82) is 0 Å². The van der Waals surface area contributed by atoms with Gasteiger partial charge in [-0.15, -0.1) is 0 Å². The minimum Gasteiger partial charge on any atom is -0.476 e. The summed E-state index contributed by atoms with van der Waals surface area (Å²) >= 11 is 0. The molecular weight excluding hydrogens is 246 g/mol. The maximum Gasteiger partial charge on any atom is 0.356 e. The second kappa shape index (κ2) is 5.69. The highest BCUT2D eigenvalue weighted by Crippen LogP contribution is 2.19. The number of pyridine rings is 1. The van der Waals surface area contributed by atoms with Gasteiger partial charge in [-0.25, -0.2) is 14.6 Å². The Bertz CT molecular complexity index is 480. The van der Waals surface area contributed by atoms with Crippen LogP contribution < -0.4 is 10.6 Å². The standard InChI is InChI=1S/C13H19N3O3/c1-8(13(2,3)4)15-12(19)16-9-6-5-7-14-10(9)11(17)18/h5-8H,1-4H3,(H,17,18)(H2,15,16,19). The lowest BCUT2D eigenvalue weighted by Gasteiger charge is -2.28. The van der Waals surface area contributed by atoms with Crippen molar-refractivity contribution >= 4 is 17.7 Å². The average Bonchev–Trinajstić information content (AvgIpc) is 2.27. The number of aromatic nitrogens is 1. The molecule has 1 unspecified atom stereocenters. The topological polar surface area (TPSA) is 91.3 Å². The van der Waals surface area contributed by atoms with Gasteiger partial charge in [0.15, 0.2) is 5.69 Å². The Balaban J connectivity index is 2.76. The van der Waals surface area contributed by atoms with Crippen molar-refractivity contribution in [2.24, 2.45) is 5.41 Å². The molecule has 0 saturated carbocycles. The molecule has 6 heteroatoms. The van der Waals surface area contributed by atoms with Gasteiger partial charge in [-0.2, -0.15) is 0 Å². The van der Waals surface area contributed by atoms with Gasteiger partial charge in [0.1, 0.15) is 0 Å². The van der Waals surface area contributed by atoms with Crippen LogP contribution in [0.3, 0.4) is 0 Å². The van der Waals surface area contributed by atoms with Gasteiger partial charge >= 0.3 is 12.0 Å². The summed E-state index contributed by atoms with van der Waals surface area (Å²) in [5.74, 6) is -1.18. The molecule has 1 heterocycles. The van der Waals surface area contributed by atoms with Gasteiger partial charge in [0, 0.05) is 12.2 Å². The zero-order valence-corrected chi connectivity index (χ0v) is 11.5. The molecule has 2 amide bonds. The zero-order valence-electron chi connectivity index (χ0n) is 11.5. The molecule has 0 saturated heterocycles. The van der Waals surface area contributed by atoms with Crippen molar-refractivity contribution in [3.05, 3.63) is 24.0 Å². The summed E-state index contributed by atoms with van der Waals surface area (Å²) in [4.78, 5) is 26.5. The molecule has 1 aromatic rings. The van der Waals surface area contributed by atoms with Gasteiger partial charge in [-0.05, 0) is 24.5 Å². The van der Waals surface area contributed by atoms with Crippen LogP contribution in [-0.4, -0.2) is 28.1 Å². The Hall–Kier alpha value is -2.11. The van der Waals surface area contributed by atoms with Crippen LogP contribution >= 0.6 is 0 Å². The predicted octanol–water partition coefficient (Wildman–Crippen LogP) is 2.34. The van der Waals surface area contributed by atoms with E-state index in [1.54, 1.807) is 6.07 Å². The molecule has 6 nitrogen and oxygen atoms in total. The number of nitrogens with zero attached hydrogens (tertiary/aromatic N) is 1. The fraction of sp³-hybridized carbons (Fsp3) is 0.462. The number of anilines is 1. The van der Waals surface area contributed by atoms with E-state index in [0.29, 0.717) is 0 Å². The van der Waals surface area contributed by atoms with Crippen LogP contribution in [0, 0.1) is 5.41 Å². The normalized spacial score (nSPS) is 12.6. The van der Waals surface area contributed by atoms with Gasteiger partial charge in [-0.3, -0.25) is 0 Å². The van der Waals surface area contributed by atoms with Gasteiger partial charge in [0.25, 0.3) is 0 Å². The summed E-state index contributed by atoms with van der Waals surface area (Å²) in [5, 5.41) is 14.2. The number of amides is 2. The Morgan fingerprint density at radius 2 is 2.00 bits per heavy atom. The second-order valence-corrected chi connectivity index (χ2v) is 5.39. The monoisotopic (exact) mass is 265 g/mol. The first-order valence-electron chi connectivity index (χ1n) is 5.97. The molecule has 104 valence electrons. The largest absolute Gasteiger partial charge is 0.476 e. The molecule has 0 bridgehead atoms. The van der Waals surface area contributed by atoms with Crippen LogP contribution in [0.5, 0.6) is 0 Å². The molecule has 0 aromatic carbocycles. The first kappa shape index (κ1) is 14.9. The maximum atomic E-state index is 11.8. The Labute approximate surface area is 112 Å². The highest BCUT2D eigenvalue weighted by Gasteiger charge is 2.22. The summed E-state index contributed by atoms with van der Waals surface area (Å²) in [6.45, 7) is 7.90. The molecule has 0 fully saturated rings. The number of hydrogen-bond acceptors (Lipinski definition) is 3. The summed E-state index contributed by atoms with van der Waals surface area (Å²) < 4.78 is 0. The summed E-state index contributed by atoms with van der Waals surface area (Å²) in [6, 6.07) is 2.56. The van der Waals surface area contributed by atoms with Gasteiger partial charge in [0.2, 0.25) is 0 Å². The van der Waals surface area contributed by atoms with Crippen molar-refractivity contribution in [3.63, 3.8) is 0 Å². The van der Waals surface area contributed by atoms with E-state index in [2.05, 4.69) is 15.6 Å². The fourth-order valence-corrected chi connectivity index (χ4v) is 1.25. The smallest absolute Gasteiger partial charge is 0.356 e. The first-order chi connectivity index (χ1) is 8.71. The molecule has 0 aliphatic carbocycles. The number of carboxylic acids is 1. The lowest BCUT2D eigenvalue weighted by Crippen LogP contribution is -2.43. The minimum absolute atomic E-state index is 0.0579. The maximum absolute atomic E-state index is 11.8. The number of urea groups is 1. The van der Waals surface area contributed by atoms with E-state index in [9.17, 15) is 9.59 Å². The van der Waals surface area contributed by atoms with Crippen LogP contribution in [0.25, 0.3) is 0 Å². The third-order valence-corrected chi connectivity index (χ3v) is 2.91. The van der Waals surface area contributed by atoms with Crippen molar-refractivity contribution in [1.82, 2.24) is 10.3 Å². The molecule has 0 spiro atoms. The van der Waals surface area contributed by atoms with E-state index in [0.717, 1.165) is 0 Å². The molecule has 1 aromatic heterocycles. The van der Waals surface area contributed by atoms with Crippen LogP contribution in [0.2, 0.25) is 0 Å². The average molecular weight is 265 g/mol. The van der Waals surface area contributed by atoms with Crippen molar-refractivity contribution in [3.8, 4) is 0 Å². The summed E-state index contributed by atoms with van der Waals surface area (Å²) in [5.41, 5.74) is -0.0864.